The summed E-state index contributed by atoms with van der Waals surface area (Å²) in [5.41, 5.74) is 5.09. The predicted molar refractivity (Wildman–Crippen MR) is 221 cm³/mol. The van der Waals surface area contributed by atoms with Gasteiger partial charge < -0.3 is 9.11 Å². The fraction of sp³-hybridized carbons (Fsp3) is 0.545. The third-order valence-corrected chi connectivity index (χ3v) is 11.9. The Morgan fingerprint density at radius 1 is 0.396 bits per heavy atom. The zero-order chi connectivity index (χ0) is 38.0. The molecule has 6 nitrogen and oxygen atoms in total. The maximum absolute atomic E-state index is 11.6. The number of hydrogen-bond acceptors (Lipinski definition) is 6. The summed E-state index contributed by atoms with van der Waals surface area (Å²) < 4.78 is 69.8. The summed E-state index contributed by atoms with van der Waals surface area (Å²) in [6.07, 6.45) is 23.0. The van der Waals surface area contributed by atoms with Crippen LogP contribution in [0.4, 0.5) is 0 Å². The normalized spacial score (nSPS) is 11.7. The van der Waals surface area contributed by atoms with Crippen molar-refractivity contribution in [1.29, 1.82) is 0 Å². The van der Waals surface area contributed by atoms with Crippen LogP contribution in [0.1, 0.15) is 153 Å². The Hall–Kier alpha value is -1.52. The first kappa shape index (κ1) is 47.6. The van der Waals surface area contributed by atoms with E-state index in [-0.39, 0.29) is 47.5 Å². The van der Waals surface area contributed by atoms with Crippen LogP contribution >= 0.6 is 0 Å². The molecule has 0 unspecified atom stereocenters. The molecule has 9 heteroatoms. The zero-order valence-electron chi connectivity index (χ0n) is 32.9. The van der Waals surface area contributed by atoms with Crippen molar-refractivity contribution in [3.05, 3.63) is 82.9 Å². The summed E-state index contributed by atoms with van der Waals surface area (Å²) in [6.45, 7) is 8.81. The summed E-state index contributed by atoms with van der Waals surface area (Å²) in [5.74, 6) is 0. The van der Waals surface area contributed by atoms with E-state index >= 15 is 0 Å². The number of hydrogen-bond donors (Lipinski definition) is 0. The fourth-order valence-electron chi connectivity index (χ4n) is 7.31. The fourth-order valence-corrected chi connectivity index (χ4v) is 8.69. The van der Waals surface area contributed by atoms with Crippen LogP contribution in [-0.4, -0.2) is 63.7 Å². The average Bonchev–Trinajstić information content (AvgIpc) is 3.12. The van der Waals surface area contributed by atoms with Gasteiger partial charge in [-0.25, -0.2) is 16.8 Å². The van der Waals surface area contributed by atoms with Crippen LogP contribution < -0.4 is 0 Å². The van der Waals surface area contributed by atoms with E-state index in [0.717, 1.165) is 62.1 Å². The first-order valence-electron chi connectivity index (χ1n) is 20.0. The van der Waals surface area contributed by atoms with Crippen LogP contribution in [0.2, 0.25) is 0 Å². The first-order valence-corrected chi connectivity index (χ1v) is 22.8. The van der Waals surface area contributed by atoms with Crippen molar-refractivity contribution in [2.24, 2.45) is 0 Å². The van der Waals surface area contributed by atoms with Crippen molar-refractivity contribution >= 4 is 79.5 Å². The molecule has 0 radical (unpaired) electrons. The second kappa shape index (κ2) is 24.9. The van der Waals surface area contributed by atoms with Crippen LogP contribution in [0.5, 0.6) is 0 Å². The van der Waals surface area contributed by atoms with E-state index in [4.69, 9.17) is 0 Å². The number of rotatable bonds is 22. The maximum atomic E-state index is 11.6. The molecule has 53 heavy (non-hydrogen) atoms. The zero-order valence-corrected chi connectivity index (χ0v) is 36.7. The molecule has 0 saturated heterocycles. The Morgan fingerprint density at radius 3 is 1.02 bits per heavy atom. The maximum Gasteiger partial charge on any atom is 2.00 e. The summed E-state index contributed by atoms with van der Waals surface area (Å²) in [5, 5.41) is 3.02. The van der Waals surface area contributed by atoms with Crippen molar-refractivity contribution < 1.29 is 25.9 Å². The summed E-state index contributed by atoms with van der Waals surface area (Å²) in [7, 11) is -8.92. The molecule has 0 aromatic heterocycles. The van der Waals surface area contributed by atoms with E-state index in [9.17, 15) is 25.9 Å². The Balaban J connectivity index is 0.000000360. The van der Waals surface area contributed by atoms with Crippen molar-refractivity contribution in [3.63, 3.8) is 0 Å². The number of aryl methyl sites for hydroxylation is 4. The quantitative estimate of drug-likeness (QED) is 0.0445. The van der Waals surface area contributed by atoms with E-state index in [0.29, 0.717) is 10.8 Å². The number of benzene rings is 4. The standard InChI is InChI=1S/2C22H32O3S.Ca/c2*1-3-5-7-9-12-18-16-17-21-20(19(18)13-10-8-6-4-2)14-11-15-22(21)26(23,24)25;/h2*11,14-17H,3-10,12-13H2,1-2H3,(H,23,24,25);/q;;+2/p-2. The van der Waals surface area contributed by atoms with Gasteiger partial charge in [0, 0.05) is 0 Å². The Morgan fingerprint density at radius 2 is 0.717 bits per heavy atom. The SMILES string of the molecule is CCCCCCc1ccc2c(S(=O)(=O)[O-])cccc2c1CCCCCC.CCCCCCc1ccc2c(S(=O)(=O)[O-])cccc2c1CCCCCC.[Ca+2]. The molecule has 0 aliphatic heterocycles. The molecular weight excluding hydrogens is 729 g/mol. The van der Waals surface area contributed by atoms with Crippen LogP contribution in [0.15, 0.2) is 70.5 Å². The van der Waals surface area contributed by atoms with Gasteiger partial charge in [0.15, 0.2) is 0 Å². The van der Waals surface area contributed by atoms with Gasteiger partial charge in [-0.3, -0.25) is 0 Å². The molecule has 0 saturated carbocycles. The molecule has 0 fully saturated rings. The topological polar surface area (TPSA) is 114 Å². The van der Waals surface area contributed by atoms with Gasteiger partial charge in [0.25, 0.3) is 0 Å². The van der Waals surface area contributed by atoms with Gasteiger partial charge in [0.2, 0.25) is 0 Å². The van der Waals surface area contributed by atoms with Crippen molar-refractivity contribution in [2.75, 3.05) is 0 Å². The molecule has 0 amide bonds. The van der Waals surface area contributed by atoms with E-state index < -0.39 is 20.2 Å². The molecule has 4 aromatic carbocycles. The van der Waals surface area contributed by atoms with E-state index in [2.05, 4.69) is 27.7 Å². The largest absolute Gasteiger partial charge is 2.00 e. The van der Waals surface area contributed by atoms with Gasteiger partial charge in [-0.2, -0.15) is 0 Å². The molecule has 0 spiro atoms. The third kappa shape index (κ3) is 15.2. The summed E-state index contributed by atoms with van der Waals surface area (Å²) in [4.78, 5) is -0.190. The second-order valence-corrected chi connectivity index (χ2v) is 17.0. The van der Waals surface area contributed by atoms with Crippen molar-refractivity contribution in [3.8, 4) is 0 Å². The molecule has 0 bridgehead atoms. The van der Waals surface area contributed by atoms with Gasteiger partial charge >= 0.3 is 37.7 Å². The monoisotopic (exact) mass is 790 g/mol. The van der Waals surface area contributed by atoms with Crippen LogP contribution in [0, 0.1) is 0 Å². The number of fused-ring (bicyclic) bond motifs is 2. The first-order chi connectivity index (χ1) is 25.0. The summed E-state index contributed by atoms with van der Waals surface area (Å²) in [6, 6.07) is 17.9. The minimum absolute atomic E-state index is 0. The van der Waals surface area contributed by atoms with Gasteiger partial charge in [-0.1, -0.05) is 153 Å². The smallest absolute Gasteiger partial charge is 0.744 e. The Kier molecular flexibility index (Phi) is 22.4. The second-order valence-electron chi connectivity index (χ2n) is 14.3. The molecule has 0 atom stereocenters. The number of unbranched alkanes of at least 4 members (excludes halogenated alkanes) is 12. The molecular formula is C44H62CaO6S2. The average molecular weight is 791 g/mol. The van der Waals surface area contributed by atoms with Crippen LogP contribution in [0.25, 0.3) is 21.5 Å². The molecule has 0 aliphatic rings. The van der Waals surface area contributed by atoms with Crippen molar-refractivity contribution in [2.45, 2.75) is 166 Å². The van der Waals surface area contributed by atoms with E-state index in [1.54, 1.807) is 12.1 Å². The molecule has 0 aliphatic carbocycles. The van der Waals surface area contributed by atoms with Crippen molar-refractivity contribution in [1.82, 2.24) is 0 Å². The Bertz CT molecular complexity index is 1770. The minimum Gasteiger partial charge on any atom is -0.744 e. The van der Waals surface area contributed by atoms with Crippen LogP contribution in [-0.2, 0) is 45.9 Å². The van der Waals surface area contributed by atoms with Gasteiger partial charge in [-0.15, -0.1) is 0 Å². The minimum atomic E-state index is -4.46. The summed E-state index contributed by atoms with van der Waals surface area (Å²) >= 11 is 0. The molecule has 4 aromatic rings. The van der Waals surface area contributed by atoms with E-state index in [1.807, 2.05) is 36.4 Å². The van der Waals surface area contributed by atoms with Crippen LogP contribution in [0.3, 0.4) is 0 Å². The van der Waals surface area contributed by atoms with Gasteiger partial charge in [-0.05, 0) is 107 Å². The molecule has 4 rings (SSSR count). The predicted octanol–water partition coefficient (Wildman–Crippen LogP) is 11.6. The molecule has 0 heterocycles. The van der Waals surface area contributed by atoms with Gasteiger partial charge in [0.1, 0.15) is 20.2 Å². The van der Waals surface area contributed by atoms with Gasteiger partial charge in [0.05, 0.1) is 9.79 Å². The molecule has 288 valence electrons. The third-order valence-electron chi connectivity index (χ3n) is 10.2. The van der Waals surface area contributed by atoms with E-state index in [1.165, 1.54) is 111 Å². The Labute approximate surface area is 351 Å². The molecule has 0 N–H and O–H groups in total.